The number of nitrogens with one attached hydrogen (secondary N) is 1. The van der Waals surface area contributed by atoms with Crippen molar-refractivity contribution in [2.45, 2.75) is 19.8 Å². The lowest BCUT2D eigenvalue weighted by Gasteiger charge is -2.02. The molecule has 0 unspecified atom stereocenters. The highest BCUT2D eigenvalue weighted by Gasteiger charge is 2.10. The smallest absolute Gasteiger partial charge is 0.335 e. The van der Waals surface area contributed by atoms with Crippen LogP contribution in [0.3, 0.4) is 0 Å². The molecule has 0 saturated heterocycles. The van der Waals surface area contributed by atoms with Crippen molar-refractivity contribution in [2.24, 2.45) is 0 Å². The molecule has 2 aromatic rings. The summed E-state index contributed by atoms with van der Waals surface area (Å²) in [5.74, 6) is -0.294. The Kier molecular flexibility index (Phi) is 3.27. The normalized spacial score (nSPS) is 10.6. The van der Waals surface area contributed by atoms with E-state index < -0.39 is 5.97 Å². The molecule has 0 bridgehead atoms. The second-order valence-corrected chi connectivity index (χ2v) is 4.11. The number of anilines is 2. The third kappa shape index (κ3) is 2.65. The van der Waals surface area contributed by atoms with Gasteiger partial charge < -0.3 is 14.8 Å². The van der Waals surface area contributed by atoms with E-state index in [0.717, 1.165) is 0 Å². The number of rotatable bonds is 4. The molecule has 1 aromatic carbocycles. The molecular weight excluding hydrogens is 234 g/mol. The molecule has 0 radical (unpaired) electrons. The summed E-state index contributed by atoms with van der Waals surface area (Å²) < 4.78 is 5.37. The van der Waals surface area contributed by atoms with E-state index in [9.17, 15) is 4.79 Å². The maximum Gasteiger partial charge on any atom is 0.335 e. The zero-order valence-corrected chi connectivity index (χ0v) is 10.0. The van der Waals surface area contributed by atoms with Crippen LogP contribution in [0.2, 0.25) is 0 Å². The topological polar surface area (TPSA) is 88.2 Å². The van der Waals surface area contributed by atoms with Crippen LogP contribution in [0.25, 0.3) is 0 Å². The molecule has 94 valence electrons. The number of carbonyl (C=O) groups is 1. The van der Waals surface area contributed by atoms with Gasteiger partial charge in [-0.05, 0) is 18.2 Å². The first-order chi connectivity index (χ1) is 8.56. The number of nitrogens with zero attached hydrogens (tertiary/aromatic N) is 2. The molecule has 2 N–H and O–H groups in total. The predicted molar refractivity (Wildman–Crippen MR) is 65.1 cm³/mol. The molecule has 0 fully saturated rings. The Morgan fingerprint density at radius 3 is 2.78 bits per heavy atom. The van der Waals surface area contributed by atoms with Gasteiger partial charge in [0.05, 0.1) is 5.56 Å². The first-order valence-corrected chi connectivity index (χ1v) is 5.50. The van der Waals surface area contributed by atoms with Crippen LogP contribution in [0.15, 0.2) is 28.7 Å². The maximum absolute atomic E-state index is 10.8. The van der Waals surface area contributed by atoms with Crippen LogP contribution >= 0.6 is 0 Å². The summed E-state index contributed by atoms with van der Waals surface area (Å²) in [5.41, 5.74) is 0.789. The Labute approximate surface area is 104 Å². The zero-order chi connectivity index (χ0) is 13.1. The summed E-state index contributed by atoms with van der Waals surface area (Å²) in [6.45, 7) is 3.89. The van der Waals surface area contributed by atoms with Crippen molar-refractivity contribution in [2.75, 3.05) is 5.32 Å². The highest BCUT2D eigenvalue weighted by atomic mass is 16.4. The number of aromatic carboxylic acids is 1. The Morgan fingerprint density at radius 2 is 2.17 bits per heavy atom. The number of carboxylic acids is 1. The fourth-order valence-corrected chi connectivity index (χ4v) is 1.37. The van der Waals surface area contributed by atoms with Crippen LogP contribution in [-0.4, -0.2) is 21.3 Å². The Morgan fingerprint density at radius 1 is 1.39 bits per heavy atom. The minimum Gasteiger partial charge on any atom is -0.478 e. The third-order valence-electron chi connectivity index (χ3n) is 2.30. The lowest BCUT2D eigenvalue weighted by molar-refractivity contribution is 0.0697. The number of benzene rings is 1. The van der Waals surface area contributed by atoms with Crippen molar-refractivity contribution in [1.82, 2.24) is 10.2 Å². The van der Waals surface area contributed by atoms with Gasteiger partial charge in [0.15, 0.2) is 0 Å². The van der Waals surface area contributed by atoms with E-state index in [2.05, 4.69) is 15.5 Å². The average molecular weight is 247 g/mol. The lowest BCUT2D eigenvalue weighted by Crippen LogP contribution is -1.97. The summed E-state index contributed by atoms with van der Waals surface area (Å²) >= 11 is 0. The van der Waals surface area contributed by atoms with E-state index in [1.807, 2.05) is 13.8 Å². The van der Waals surface area contributed by atoms with Gasteiger partial charge in [0.1, 0.15) is 0 Å². The van der Waals surface area contributed by atoms with Crippen LogP contribution in [0.5, 0.6) is 0 Å². The number of carboxylic acid groups (broad SMARTS) is 1. The molecule has 0 aliphatic heterocycles. The summed E-state index contributed by atoms with van der Waals surface area (Å²) in [4.78, 5) is 10.8. The SMILES string of the molecule is CC(C)c1nnc(Nc2cccc(C(=O)O)c2)o1. The standard InChI is InChI=1S/C12H13N3O3/c1-7(2)10-14-15-12(18-10)13-9-5-3-4-8(6-9)11(16)17/h3-7H,1-2H3,(H,13,15)(H,16,17). The van der Waals surface area contributed by atoms with Crippen molar-refractivity contribution < 1.29 is 14.3 Å². The third-order valence-corrected chi connectivity index (χ3v) is 2.30. The van der Waals surface area contributed by atoms with Crippen LogP contribution in [0, 0.1) is 0 Å². The second-order valence-electron chi connectivity index (χ2n) is 4.11. The van der Waals surface area contributed by atoms with Crippen LogP contribution in [0.4, 0.5) is 11.7 Å². The van der Waals surface area contributed by atoms with Gasteiger partial charge in [0.2, 0.25) is 5.89 Å². The average Bonchev–Trinajstić information content (AvgIpc) is 2.78. The minimum absolute atomic E-state index is 0.151. The maximum atomic E-state index is 10.8. The van der Waals surface area contributed by atoms with Gasteiger partial charge in [-0.2, -0.15) is 0 Å². The van der Waals surface area contributed by atoms with E-state index in [1.165, 1.54) is 12.1 Å². The first kappa shape index (κ1) is 12.1. The molecule has 18 heavy (non-hydrogen) atoms. The Hall–Kier alpha value is -2.37. The van der Waals surface area contributed by atoms with E-state index in [1.54, 1.807) is 12.1 Å². The Balaban J connectivity index is 2.17. The summed E-state index contributed by atoms with van der Waals surface area (Å²) in [6.07, 6.45) is 0. The van der Waals surface area contributed by atoms with Gasteiger partial charge in [0.25, 0.3) is 0 Å². The minimum atomic E-state index is -0.980. The van der Waals surface area contributed by atoms with Gasteiger partial charge >= 0.3 is 12.0 Å². The summed E-state index contributed by atoms with van der Waals surface area (Å²) in [5, 5.41) is 19.4. The number of hydrogen-bond acceptors (Lipinski definition) is 5. The monoisotopic (exact) mass is 247 g/mol. The molecule has 6 heteroatoms. The van der Waals surface area contributed by atoms with Crippen LogP contribution in [0.1, 0.15) is 36.0 Å². The fraction of sp³-hybridized carbons (Fsp3) is 0.250. The molecule has 1 heterocycles. The van der Waals surface area contributed by atoms with E-state index >= 15 is 0 Å². The van der Waals surface area contributed by atoms with Gasteiger partial charge in [-0.3, -0.25) is 0 Å². The van der Waals surface area contributed by atoms with Gasteiger partial charge in [-0.25, -0.2) is 4.79 Å². The molecule has 0 aliphatic rings. The number of aromatic nitrogens is 2. The second kappa shape index (κ2) is 4.87. The molecule has 0 saturated carbocycles. The van der Waals surface area contributed by atoms with E-state index in [4.69, 9.17) is 9.52 Å². The van der Waals surface area contributed by atoms with Gasteiger partial charge in [-0.1, -0.05) is 25.0 Å². The first-order valence-electron chi connectivity index (χ1n) is 5.50. The molecule has 2 rings (SSSR count). The molecule has 1 aromatic heterocycles. The molecular formula is C12H13N3O3. The van der Waals surface area contributed by atoms with Gasteiger partial charge in [-0.15, -0.1) is 5.10 Å². The molecule has 0 spiro atoms. The van der Waals surface area contributed by atoms with Crippen LogP contribution < -0.4 is 5.32 Å². The summed E-state index contributed by atoms with van der Waals surface area (Å²) in [7, 11) is 0. The van der Waals surface area contributed by atoms with Crippen molar-refractivity contribution in [1.29, 1.82) is 0 Å². The van der Waals surface area contributed by atoms with E-state index in [0.29, 0.717) is 11.6 Å². The molecule has 0 aliphatic carbocycles. The van der Waals surface area contributed by atoms with Crippen molar-refractivity contribution in [3.63, 3.8) is 0 Å². The lowest BCUT2D eigenvalue weighted by atomic mass is 10.2. The molecule has 0 atom stereocenters. The highest BCUT2D eigenvalue weighted by molar-refractivity contribution is 5.88. The zero-order valence-electron chi connectivity index (χ0n) is 10.0. The van der Waals surface area contributed by atoms with Crippen molar-refractivity contribution >= 4 is 17.7 Å². The molecule has 6 nitrogen and oxygen atoms in total. The van der Waals surface area contributed by atoms with Crippen molar-refractivity contribution in [3.8, 4) is 0 Å². The number of hydrogen-bond donors (Lipinski definition) is 2. The predicted octanol–water partition coefficient (Wildman–Crippen LogP) is 2.63. The fourth-order valence-electron chi connectivity index (χ4n) is 1.37. The Bertz CT molecular complexity index is 563. The summed E-state index contributed by atoms with van der Waals surface area (Å²) in [6, 6.07) is 6.64. The van der Waals surface area contributed by atoms with Gasteiger partial charge in [0, 0.05) is 11.6 Å². The highest BCUT2D eigenvalue weighted by Crippen LogP contribution is 2.19. The largest absolute Gasteiger partial charge is 0.478 e. The molecule has 0 amide bonds. The quantitative estimate of drug-likeness (QED) is 0.863. The van der Waals surface area contributed by atoms with Crippen LogP contribution in [-0.2, 0) is 0 Å². The van der Waals surface area contributed by atoms with Crippen molar-refractivity contribution in [3.05, 3.63) is 35.7 Å². The van der Waals surface area contributed by atoms with E-state index in [-0.39, 0.29) is 17.5 Å².